The Bertz CT molecular complexity index is 637. The first-order chi connectivity index (χ1) is 10.3. The molecule has 21 heavy (non-hydrogen) atoms. The fraction of sp³-hybridized carbons (Fsp3) is 0.235. The Balaban J connectivity index is 1.66. The number of urea groups is 1. The molecule has 0 saturated carbocycles. The number of rotatable bonds is 2. The normalized spacial score (nSPS) is 13.7. The summed E-state index contributed by atoms with van der Waals surface area (Å²) in [5.74, 6) is 0. The minimum absolute atomic E-state index is 0.0509. The lowest BCUT2D eigenvalue weighted by atomic mass is 10.0. The molecule has 3 N–H and O–H groups in total. The number of hydrogen-bond acceptors (Lipinski definition) is 2. The number of nitrogens with two attached hydrogens (primary N) is 1. The summed E-state index contributed by atoms with van der Waals surface area (Å²) in [5.41, 5.74) is 10.0. The second-order valence-electron chi connectivity index (χ2n) is 5.27. The van der Waals surface area contributed by atoms with Gasteiger partial charge in [-0.25, -0.2) is 4.79 Å². The van der Waals surface area contributed by atoms with Crippen molar-refractivity contribution in [2.75, 3.05) is 11.9 Å². The number of anilines is 1. The van der Waals surface area contributed by atoms with Crippen LogP contribution in [0, 0.1) is 0 Å². The van der Waals surface area contributed by atoms with Crippen LogP contribution < -0.4 is 11.1 Å². The van der Waals surface area contributed by atoms with E-state index in [2.05, 4.69) is 17.4 Å². The zero-order valence-corrected chi connectivity index (χ0v) is 11.9. The fourth-order valence-corrected chi connectivity index (χ4v) is 2.60. The predicted molar refractivity (Wildman–Crippen MR) is 83.9 cm³/mol. The Morgan fingerprint density at radius 2 is 1.81 bits per heavy atom. The van der Waals surface area contributed by atoms with E-state index in [9.17, 15) is 4.79 Å². The number of nitrogens with one attached hydrogen (secondary N) is 1. The molecule has 0 bridgehead atoms. The molecular weight excluding hydrogens is 262 g/mol. The van der Waals surface area contributed by atoms with Gasteiger partial charge in [-0.1, -0.05) is 36.4 Å². The van der Waals surface area contributed by atoms with Crippen molar-refractivity contribution < 1.29 is 4.79 Å². The first-order valence-corrected chi connectivity index (χ1v) is 7.18. The molecule has 0 radical (unpaired) electrons. The van der Waals surface area contributed by atoms with Crippen molar-refractivity contribution in [3.8, 4) is 0 Å². The van der Waals surface area contributed by atoms with Crippen molar-refractivity contribution in [2.45, 2.75) is 19.5 Å². The topological polar surface area (TPSA) is 58.4 Å². The minimum Gasteiger partial charge on any atom is -0.326 e. The third-order valence-corrected chi connectivity index (χ3v) is 3.86. The minimum atomic E-state index is -0.0509. The molecular formula is C17H19N3O. The molecule has 0 aliphatic carbocycles. The Hall–Kier alpha value is -2.33. The maximum atomic E-state index is 12.3. The van der Waals surface area contributed by atoms with E-state index in [1.807, 2.05) is 41.3 Å². The van der Waals surface area contributed by atoms with E-state index in [1.165, 1.54) is 11.1 Å². The van der Waals surface area contributed by atoms with Crippen LogP contribution in [0.15, 0.2) is 48.5 Å². The predicted octanol–water partition coefficient (Wildman–Crippen LogP) is 2.74. The van der Waals surface area contributed by atoms with E-state index in [0.717, 1.165) is 24.2 Å². The SMILES string of the molecule is NCc1ccc(NC(=O)N2CCc3ccccc3C2)cc1. The quantitative estimate of drug-likeness (QED) is 0.889. The van der Waals surface area contributed by atoms with Gasteiger partial charge in [0.2, 0.25) is 0 Å². The molecule has 3 rings (SSSR count). The fourth-order valence-electron chi connectivity index (χ4n) is 2.60. The lowest BCUT2D eigenvalue weighted by Gasteiger charge is -2.29. The molecule has 1 aliphatic heterocycles. The first-order valence-electron chi connectivity index (χ1n) is 7.18. The molecule has 2 aromatic carbocycles. The van der Waals surface area contributed by atoms with E-state index >= 15 is 0 Å². The van der Waals surface area contributed by atoms with E-state index in [-0.39, 0.29) is 6.03 Å². The molecule has 1 heterocycles. The number of amides is 2. The van der Waals surface area contributed by atoms with Gasteiger partial charge in [0.1, 0.15) is 0 Å². The van der Waals surface area contributed by atoms with Crippen molar-refractivity contribution in [3.63, 3.8) is 0 Å². The Morgan fingerprint density at radius 3 is 2.52 bits per heavy atom. The molecule has 108 valence electrons. The summed E-state index contributed by atoms with van der Waals surface area (Å²) in [4.78, 5) is 14.2. The molecule has 4 heteroatoms. The van der Waals surface area contributed by atoms with Gasteiger partial charge in [-0.15, -0.1) is 0 Å². The van der Waals surface area contributed by atoms with Crippen molar-refractivity contribution in [1.29, 1.82) is 0 Å². The average Bonchev–Trinajstić information content (AvgIpc) is 2.55. The highest BCUT2D eigenvalue weighted by Crippen LogP contribution is 2.19. The van der Waals surface area contributed by atoms with E-state index in [1.54, 1.807) is 0 Å². The third-order valence-electron chi connectivity index (χ3n) is 3.86. The standard InChI is InChI=1S/C17H19N3O/c18-11-13-5-7-16(8-6-13)19-17(21)20-10-9-14-3-1-2-4-15(14)12-20/h1-8H,9-12,18H2,(H,19,21). The van der Waals surface area contributed by atoms with Gasteiger partial charge in [0.05, 0.1) is 0 Å². The molecule has 2 amide bonds. The largest absolute Gasteiger partial charge is 0.326 e. The second kappa shape index (κ2) is 5.97. The summed E-state index contributed by atoms with van der Waals surface area (Å²) in [5, 5.41) is 2.94. The van der Waals surface area contributed by atoms with E-state index < -0.39 is 0 Å². The lowest BCUT2D eigenvalue weighted by Crippen LogP contribution is -2.38. The van der Waals surface area contributed by atoms with Gasteiger partial charge in [-0.3, -0.25) is 0 Å². The highest BCUT2D eigenvalue weighted by Gasteiger charge is 2.20. The first kappa shape index (κ1) is 13.6. The van der Waals surface area contributed by atoms with Gasteiger partial charge >= 0.3 is 6.03 Å². The molecule has 0 unspecified atom stereocenters. The maximum Gasteiger partial charge on any atom is 0.322 e. The number of hydrogen-bond donors (Lipinski definition) is 2. The van der Waals surface area contributed by atoms with E-state index in [0.29, 0.717) is 13.1 Å². The summed E-state index contributed by atoms with van der Waals surface area (Å²) in [6.07, 6.45) is 0.912. The van der Waals surface area contributed by atoms with E-state index in [4.69, 9.17) is 5.73 Å². The summed E-state index contributed by atoms with van der Waals surface area (Å²) < 4.78 is 0. The number of nitrogens with zero attached hydrogens (tertiary/aromatic N) is 1. The highest BCUT2D eigenvalue weighted by atomic mass is 16.2. The Morgan fingerprint density at radius 1 is 1.10 bits per heavy atom. The van der Waals surface area contributed by atoms with Crippen LogP contribution in [0.25, 0.3) is 0 Å². The monoisotopic (exact) mass is 281 g/mol. The zero-order valence-electron chi connectivity index (χ0n) is 11.9. The van der Waals surface area contributed by atoms with Gasteiger partial charge in [-0.2, -0.15) is 0 Å². The van der Waals surface area contributed by atoms with Gasteiger partial charge in [-0.05, 0) is 35.2 Å². The molecule has 0 atom stereocenters. The lowest BCUT2D eigenvalue weighted by molar-refractivity contribution is 0.206. The van der Waals surface area contributed by atoms with Gasteiger partial charge in [0, 0.05) is 25.3 Å². The number of carbonyl (C=O) groups excluding carboxylic acids is 1. The van der Waals surface area contributed by atoms with Crippen LogP contribution in [0.5, 0.6) is 0 Å². The Labute approximate surface area is 124 Å². The van der Waals surface area contributed by atoms with Gasteiger partial charge in [0.15, 0.2) is 0 Å². The number of fused-ring (bicyclic) bond motifs is 1. The summed E-state index contributed by atoms with van der Waals surface area (Å²) >= 11 is 0. The molecule has 4 nitrogen and oxygen atoms in total. The number of benzene rings is 2. The van der Waals surface area contributed by atoms with Crippen LogP contribution in [0.2, 0.25) is 0 Å². The van der Waals surface area contributed by atoms with Crippen molar-refractivity contribution >= 4 is 11.7 Å². The summed E-state index contributed by atoms with van der Waals surface area (Å²) in [6, 6.07) is 15.9. The van der Waals surface area contributed by atoms with Crippen molar-refractivity contribution in [3.05, 3.63) is 65.2 Å². The van der Waals surface area contributed by atoms with Crippen LogP contribution in [0.3, 0.4) is 0 Å². The molecule has 0 saturated heterocycles. The van der Waals surface area contributed by atoms with Crippen molar-refractivity contribution in [1.82, 2.24) is 4.90 Å². The van der Waals surface area contributed by atoms with Crippen LogP contribution in [-0.4, -0.2) is 17.5 Å². The Kier molecular flexibility index (Phi) is 3.88. The van der Waals surface area contributed by atoms with Crippen LogP contribution in [-0.2, 0) is 19.5 Å². The molecule has 2 aromatic rings. The van der Waals surface area contributed by atoms with Crippen LogP contribution in [0.1, 0.15) is 16.7 Å². The smallest absolute Gasteiger partial charge is 0.322 e. The van der Waals surface area contributed by atoms with Gasteiger partial charge in [0.25, 0.3) is 0 Å². The maximum absolute atomic E-state index is 12.3. The van der Waals surface area contributed by atoms with Crippen LogP contribution >= 0.6 is 0 Å². The molecule has 1 aliphatic rings. The number of carbonyl (C=O) groups is 1. The molecule has 0 aromatic heterocycles. The zero-order chi connectivity index (χ0) is 14.7. The summed E-state index contributed by atoms with van der Waals surface area (Å²) in [7, 11) is 0. The average molecular weight is 281 g/mol. The molecule has 0 spiro atoms. The van der Waals surface area contributed by atoms with Crippen molar-refractivity contribution in [2.24, 2.45) is 5.73 Å². The molecule has 0 fully saturated rings. The third kappa shape index (κ3) is 3.06. The van der Waals surface area contributed by atoms with Gasteiger partial charge < -0.3 is 16.0 Å². The van der Waals surface area contributed by atoms with Crippen LogP contribution in [0.4, 0.5) is 10.5 Å². The highest BCUT2D eigenvalue weighted by molar-refractivity contribution is 5.89. The summed E-state index contributed by atoms with van der Waals surface area (Å²) in [6.45, 7) is 1.93. The second-order valence-corrected chi connectivity index (χ2v) is 5.27.